The van der Waals surface area contributed by atoms with Crippen molar-refractivity contribution >= 4 is 39.9 Å². The van der Waals surface area contributed by atoms with Crippen molar-refractivity contribution in [3.8, 4) is 11.8 Å². The Morgan fingerprint density at radius 3 is 2.56 bits per heavy atom. The van der Waals surface area contributed by atoms with Gasteiger partial charge in [-0.25, -0.2) is 13.1 Å². The lowest BCUT2D eigenvalue weighted by molar-refractivity contribution is -0.118. The van der Waals surface area contributed by atoms with Crippen LogP contribution < -0.4 is 10.0 Å². The molecule has 10 heteroatoms. The standard InChI is InChI=1S/C24H39BrN2O5SSi/c1-34(2,3)18-17-32-21-26-20-24(28)27-33(29,30)23-13-10-12-22(19-23)11-6-9-16-31-15-8-5-4-7-14-25/h10,12-13,19,26H,4-5,7-9,14-18,20-21H2,1-3H3,(H,27,28). The van der Waals surface area contributed by atoms with Gasteiger partial charge in [0.2, 0.25) is 5.91 Å². The first-order valence-electron chi connectivity index (χ1n) is 11.7. The van der Waals surface area contributed by atoms with Crippen LogP contribution in [-0.4, -0.2) is 60.8 Å². The van der Waals surface area contributed by atoms with Crippen molar-refractivity contribution in [1.29, 1.82) is 0 Å². The Morgan fingerprint density at radius 2 is 1.82 bits per heavy atom. The fraction of sp³-hybridized carbons (Fsp3) is 0.625. The van der Waals surface area contributed by atoms with E-state index in [1.807, 2.05) is 0 Å². The van der Waals surface area contributed by atoms with E-state index in [9.17, 15) is 13.2 Å². The van der Waals surface area contributed by atoms with Gasteiger partial charge in [0, 0.05) is 38.6 Å². The average molecular weight is 576 g/mol. The molecule has 0 spiro atoms. The minimum Gasteiger partial charge on any atom is -0.380 e. The van der Waals surface area contributed by atoms with Gasteiger partial charge in [-0.3, -0.25) is 10.1 Å². The molecule has 7 nitrogen and oxygen atoms in total. The van der Waals surface area contributed by atoms with E-state index < -0.39 is 24.0 Å². The van der Waals surface area contributed by atoms with Crippen molar-refractivity contribution in [2.45, 2.75) is 62.7 Å². The first kappa shape index (κ1) is 30.8. The lowest BCUT2D eigenvalue weighted by atomic mass is 10.2. The van der Waals surface area contributed by atoms with Crippen molar-refractivity contribution < 1.29 is 22.7 Å². The molecule has 2 N–H and O–H groups in total. The predicted octanol–water partition coefficient (Wildman–Crippen LogP) is 4.11. The molecule has 1 rings (SSSR count). The van der Waals surface area contributed by atoms with E-state index in [-0.39, 0.29) is 18.2 Å². The summed E-state index contributed by atoms with van der Waals surface area (Å²) in [5, 5.41) is 3.84. The Hall–Kier alpha value is -1.22. The van der Waals surface area contributed by atoms with Crippen molar-refractivity contribution in [3.05, 3.63) is 29.8 Å². The highest BCUT2D eigenvalue weighted by molar-refractivity contribution is 9.09. The van der Waals surface area contributed by atoms with Gasteiger partial charge >= 0.3 is 0 Å². The van der Waals surface area contributed by atoms with Crippen molar-refractivity contribution in [2.24, 2.45) is 0 Å². The van der Waals surface area contributed by atoms with Gasteiger partial charge in [-0.1, -0.05) is 66.3 Å². The summed E-state index contributed by atoms with van der Waals surface area (Å²) in [6.07, 6.45) is 5.18. The molecule has 0 unspecified atom stereocenters. The number of carbonyl (C=O) groups is 1. The molecule has 0 atom stereocenters. The third-order valence-corrected chi connectivity index (χ3v) is 8.29. The number of hydrogen-bond donors (Lipinski definition) is 2. The van der Waals surface area contributed by atoms with E-state index in [4.69, 9.17) is 9.47 Å². The maximum absolute atomic E-state index is 12.5. The third kappa shape index (κ3) is 15.6. The summed E-state index contributed by atoms with van der Waals surface area (Å²) < 4.78 is 38.1. The highest BCUT2D eigenvalue weighted by Gasteiger charge is 2.17. The van der Waals surface area contributed by atoms with Crippen LogP contribution in [0, 0.1) is 11.8 Å². The highest BCUT2D eigenvalue weighted by Crippen LogP contribution is 2.11. The average Bonchev–Trinajstić information content (AvgIpc) is 2.76. The van der Waals surface area contributed by atoms with Crippen LogP contribution in [-0.2, 0) is 24.3 Å². The lowest BCUT2D eigenvalue weighted by Gasteiger charge is -2.15. The number of ether oxygens (including phenoxy) is 2. The molecule has 0 bridgehead atoms. The monoisotopic (exact) mass is 574 g/mol. The molecule has 1 aromatic carbocycles. The molecule has 0 aliphatic rings. The maximum atomic E-state index is 12.5. The summed E-state index contributed by atoms with van der Waals surface area (Å²) in [6, 6.07) is 7.26. The van der Waals surface area contributed by atoms with E-state index in [0.717, 1.165) is 30.8 Å². The van der Waals surface area contributed by atoms with Gasteiger partial charge < -0.3 is 9.47 Å². The summed E-state index contributed by atoms with van der Waals surface area (Å²) in [5.41, 5.74) is 0.569. The Labute approximate surface area is 214 Å². The number of nitrogens with one attached hydrogen (secondary N) is 2. The zero-order valence-electron chi connectivity index (χ0n) is 20.6. The molecule has 0 radical (unpaired) electrons. The van der Waals surface area contributed by atoms with Gasteiger partial charge in [-0.05, 0) is 37.1 Å². The molecule has 0 heterocycles. The molecule has 0 aliphatic carbocycles. The summed E-state index contributed by atoms with van der Waals surface area (Å²) >= 11 is 3.42. The van der Waals surface area contributed by atoms with E-state index >= 15 is 0 Å². The number of hydrogen-bond acceptors (Lipinski definition) is 6. The molecule has 0 saturated carbocycles. The first-order valence-corrected chi connectivity index (χ1v) is 18.0. The van der Waals surface area contributed by atoms with Gasteiger partial charge in [0.25, 0.3) is 10.0 Å². The lowest BCUT2D eigenvalue weighted by Crippen LogP contribution is -2.38. The van der Waals surface area contributed by atoms with Gasteiger partial charge in [-0.2, -0.15) is 0 Å². The van der Waals surface area contributed by atoms with Gasteiger partial charge in [0.05, 0.1) is 24.8 Å². The molecule has 0 fully saturated rings. The minimum atomic E-state index is -3.97. The number of sulfonamides is 1. The highest BCUT2D eigenvalue weighted by atomic mass is 79.9. The molecule has 34 heavy (non-hydrogen) atoms. The van der Waals surface area contributed by atoms with E-state index in [1.165, 1.54) is 25.0 Å². The summed E-state index contributed by atoms with van der Waals surface area (Å²) in [7, 11) is -5.13. The molecule has 0 aliphatic heterocycles. The van der Waals surface area contributed by atoms with Crippen LogP contribution in [0.2, 0.25) is 25.7 Å². The van der Waals surface area contributed by atoms with Crippen molar-refractivity contribution in [1.82, 2.24) is 10.0 Å². The number of alkyl halides is 1. The second-order valence-electron chi connectivity index (χ2n) is 9.11. The fourth-order valence-corrected chi connectivity index (χ4v) is 4.90. The summed E-state index contributed by atoms with van der Waals surface area (Å²) in [5.74, 6) is 5.31. The first-order chi connectivity index (χ1) is 16.1. The molecule has 1 amide bonds. The maximum Gasteiger partial charge on any atom is 0.264 e. The van der Waals surface area contributed by atoms with Crippen molar-refractivity contribution in [2.75, 3.05) is 38.4 Å². The van der Waals surface area contributed by atoms with E-state index in [1.54, 1.807) is 12.1 Å². The Bertz CT molecular complexity index is 895. The molecule has 0 aromatic heterocycles. The van der Waals surface area contributed by atoms with Crippen molar-refractivity contribution in [3.63, 3.8) is 0 Å². The van der Waals surface area contributed by atoms with E-state index in [2.05, 4.69) is 57.5 Å². The summed E-state index contributed by atoms with van der Waals surface area (Å²) in [4.78, 5) is 12.0. The SMILES string of the molecule is C[Si](C)(C)CCOCNCC(=O)NS(=O)(=O)c1cccc(C#CCCOCCCCCCBr)c1. The van der Waals surface area contributed by atoms with Crippen LogP contribution in [0.5, 0.6) is 0 Å². The number of rotatable bonds is 17. The zero-order chi connectivity index (χ0) is 25.3. The molecule has 0 saturated heterocycles. The quantitative estimate of drug-likeness (QED) is 0.0955. The molecular weight excluding hydrogens is 536 g/mol. The normalized spacial score (nSPS) is 11.6. The minimum absolute atomic E-state index is 0.00114. The molecular formula is C24H39BrN2O5SSi. The smallest absolute Gasteiger partial charge is 0.264 e. The predicted molar refractivity (Wildman–Crippen MR) is 143 cm³/mol. The second kappa shape index (κ2) is 17.2. The van der Waals surface area contributed by atoms with Crippen LogP contribution in [0.4, 0.5) is 0 Å². The number of unbranched alkanes of at least 4 members (excludes halogenated alkanes) is 3. The van der Waals surface area contributed by atoms with Crippen LogP contribution in [0.1, 0.15) is 37.7 Å². The number of carbonyl (C=O) groups excluding carboxylic acids is 1. The van der Waals surface area contributed by atoms with Gasteiger partial charge in [0.1, 0.15) is 0 Å². The van der Waals surface area contributed by atoms with Crippen LogP contribution in [0.3, 0.4) is 0 Å². The third-order valence-electron chi connectivity index (χ3n) is 4.66. The summed E-state index contributed by atoms with van der Waals surface area (Å²) in [6.45, 7) is 8.73. The van der Waals surface area contributed by atoms with Crippen LogP contribution in [0.25, 0.3) is 0 Å². The van der Waals surface area contributed by atoms with Crippen LogP contribution in [0.15, 0.2) is 29.2 Å². The number of halogens is 1. The van der Waals surface area contributed by atoms with Gasteiger partial charge in [-0.15, -0.1) is 0 Å². The van der Waals surface area contributed by atoms with E-state index in [0.29, 0.717) is 25.2 Å². The topological polar surface area (TPSA) is 93.7 Å². The Balaban J connectivity index is 2.37. The number of benzene rings is 1. The molecule has 192 valence electrons. The second-order valence-corrected chi connectivity index (χ2v) is 17.2. The van der Waals surface area contributed by atoms with Gasteiger partial charge in [0.15, 0.2) is 0 Å². The fourth-order valence-electron chi connectivity index (χ4n) is 2.72. The Kier molecular flexibility index (Phi) is 15.6. The molecule has 1 aromatic rings. The number of amides is 1. The van der Waals surface area contributed by atoms with Crippen LogP contribution >= 0.6 is 15.9 Å². The largest absolute Gasteiger partial charge is 0.380 e. The Morgan fingerprint density at radius 1 is 1.06 bits per heavy atom. The zero-order valence-corrected chi connectivity index (χ0v) is 24.0.